The summed E-state index contributed by atoms with van der Waals surface area (Å²) in [5.41, 5.74) is 1.40. The molecular formula is C21H26N2O4S. The van der Waals surface area contributed by atoms with Crippen LogP contribution in [-0.2, 0) is 10.0 Å². The molecule has 1 unspecified atom stereocenters. The number of methoxy groups -OCH3 is 1. The van der Waals surface area contributed by atoms with E-state index in [0.29, 0.717) is 12.1 Å². The molecular weight excluding hydrogens is 376 g/mol. The molecule has 7 heteroatoms. The predicted octanol–water partition coefficient (Wildman–Crippen LogP) is 3.36. The molecule has 2 aromatic rings. The molecule has 0 saturated carbocycles. The lowest BCUT2D eigenvalue weighted by Gasteiger charge is -2.29. The summed E-state index contributed by atoms with van der Waals surface area (Å²) in [6.07, 6.45) is 3.61. The van der Waals surface area contributed by atoms with Crippen molar-refractivity contribution in [1.29, 1.82) is 0 Å². The minimum Gasteiger partial charge on any atom is -0.497 e. The van der Waals surface area contributed by atoms with Crippen LogP contribution in [0.15, 0.2) is 53.4 Å². The van der Waals surface area contributed by atoms with Gasteiger partial charge < -0.3 is 10.1 Å². The molecule has 1 aliphatic heterocycles. The highest BCUT2D eigenvalue weighted by atomic mass is 32.2. The molecule has 1 aliphatic rings. The second kappa shape index (κ2) is 8.75. The fourth-order valence-electron chi connectivity index (χ4n) is 3.59. The number of rotatable bonds is 5. The average molecular weight is 403 g/mol. The standard InChI is InChI=1S/C21H26N2O4S/c1-22-21(24)17-9-13-19(14-10-17)28(25,26)23-15-5-3-4-6-20(23)16-7-11-18(27-2)12-8-16/h7-14,20H,3-6,15H2,1-2H3,(H,22,24). The smallest absolute Gasteiger partial charge is 0.251 e. The minimum atomic E-state index is -3.68. The highest BCUT2D eigenvalue weighted by Crippen LogP contribution is 2.35. The molecule has 1 fully saturated rings. The van der Waals surface area contributed by atoms with Crippen LogP contribution >= 0.6 is 0 Å². The summed E-state index contributed by atoms with van der Waals surface area (Å²) in [5, 5.41) is 2.54. The topological polar surface area (TPSA) is 75.7 Å². The van der Waals surface area contributed by atoms with Crippen molar-refractivity contribution in [2.24, 2.45) is 0 Å². The summed E-state index contributed by atoms with van der Waals surface area (Å²) in [6, 6.07) is 13.5. The molecule has 1 atom stereocenters. The van der Waals surface area contributed by atoms with Gasteiger partial charge in [-0.05, 0) is 54.8 Å². The van der Waals surface area contributed by atoms with Gasteiger partial charge in [0.15, 0.2) is 0 Å². The van der Waals surface area contributed by atoms with Crippen LogP contribution in [0.25, 0.3) is 0 Å². The van der Waals surface area contributed by atoms with E-state index in [1.165, 1.54) is 12.1 Å². The van der Waals surface area contributed by atoms with Crippen molar-refractivity contribution in [1.82, 2.24) is 9.62 Å². The molecule has 1 amide bonds. The van der Waals surface area contributed by atoms with E-state index in [4.69, 9.17) is 4.74 Å². The van der Waals surface area contributed by atoms with Gasteiger partial charge in [0.05, 0.1) is 18.0 Å². The zero-order chi connectivity index (χ0) is 20.1. The molecule has 0 bridgehead atoms. The fourth-order valence-corrected chi connectivity index (χ4v) is 5.27. The maximum atomic E-state index is 13.4. The number of carbonyl (C=O) groups is 1. The number of nitrogens with one attached hydrogen (secondary N) is 1. The molecule has 2 aromatic carbocycles. The number of sulfonamides is 1. The van der Waals surface area contributed by atoms with E-state index in [1.54, 1.807) is 30.6 Å². The van der Waals surface area contributed by atoms with Gasteiger partial charge in [-0.25, -0.2) is 8.42 Å². The molecule has 28 heavy (non-hydrogen) atoms. The van der Waals surface area contributed by atoms with Crippen molar-refractivity contribution in [2.45, 2.75) is 36.6 Å². The second-order valence-corrected chi connectivity index (χ2v) is 8.75. The largest absolute Gasteiger partial charge is 0.497 e. The van der Waals surface area contributed by atoms with Crippen molar-refractivity contribution in [3.63, 3.8) is 0 Å². The molecule has 3 rings (SSSR count). The summed E-state index contributed by atoms with van der Waals surface area (Å²) in [4.78, 5) is 11.9. The Balaban J connectivity index is 1.94. The van der Waals surface area contributed by atoms with Crippen LogP contribution in [0.1, 0.15) is 47.6 Å². The molecule has 0 aromatic heterocycles. The summed E-state index contributed by atoms with van der Waals surface area (Å²) in [5.74, 6) is 0.506. The van der Waals surface area contributed by atoms with E-state index < -0.39 is 10.0 Å². The molecule has 1 heterocycles. The van der Waals surface area contributed by atoms with Gasteiger partial charge in [0.25, 0.3) is 5.91 Å². The first-order valence-electron chi connectivity index (χ1n) is 9.45. The van der Waals surface area contributed by atoms with Gasteiger partial charge in [-0.1, -0.05) is 25.0 Å². The highest BCUT2D eigenvalue weighted by Gasteiger charge is 2.33. The number of hydrogen-bond donors (Lipinski definition) is 1. The van der Waals surface area contributed by atoms with E-state index in [1.807, 2.05) is 24.3 Å². The van der Waals surface area contributed by atoms with Crippen LogP contribution < -0.4 is 10.1 Å². The Morgan fingerprint density at radius 1 is 1.04 bits per heavy atom. The Morgan fingerprint density at radius 2 is 1.71 bits per heavy atom. The van der Waals surface area contributed by atoms with Gasteiger partial charge in [-0.15, -0.1) is 0 Å². The lowest BCUT2D eigenvalue weighted by molar-refractivity contribution is 0.0963. The first kappa shape index (κ1) is 20.4. The Labute approximate surface area is 166 Å². The average Bonchev–Trinajstić information content (AvgIpc) is 3.00. The maximum absolute atomic E-state index is 13.4. The molecule has 1 saturated heterocycles. The van der Waals surface area contributed by atoms with Gasteiger partial charge >= 0.3 is 0 Å². The van der Waals surface area contributed by atoms with E-state index in [9.17, 15) is 13.2 Å². The van der Waals surface area contributed by atoms with Crippen molar-refractivity contribution in [2.75, 3.05) is 20.7 Å². The lowest BCUT2D eigenvalue weighted by atomic mass is 10.0. The number of benzene rings is 2. The third kappa shape index (κ3) is 4.20. The number of ether oxygens (including phenoxy) is 1. The first-order chi connectivity index (χ1) is 13.5. The van der Waals surface area contributed by atoms with Crippen LogP contribution in [-0.4, -0.2) is 39.3 Å². The summed E-state index contributed by atoms with van der Waals surface area (Å²) >= 11 is 0. The highest BCUT2D eigenvalue weighted by molar-refractivity contribution is 7.89. The molecule has 1 N–H and O–H groups in total. The Kier molecular flexibility index (Phi) is 6.36. The van der Waals surface area contributed by atoms with E-state index >= 15 is 0 Å². The first-order valence-corrected chi connectivity index (χ1v) is 10.9. The monoisotopic (exact) mass is 402 g/mol. The fraction of sp³-hybridized carbons (Fsp3) is 0.381. The zero-order valence-corrected chi connectivity index (χ0v) is 17.0. The van der Waals surface area contributed by atoms with Gasteiger partial charge in [-0.2, -0.15) is 4.31 Å². The third-order valence-corrected chi connectivity index (χ3v) is 7.08. The summed E-state index contributed by atoms with van der Waals surface area (Å²) < 4.78 is 33.6. The van der Waals surface area contributed by atoms with Crippen LogP contribution in [0.5, 0.6) is 5.75 Å². The number of amides is 1. The Morgan fingerprint density at radius 3 is 2.32 bits per heavy atom. The van der Waals surface area contributed by atoms with Gasteiger partial charge in [0.2, 0.25) is 10.0 Å². The normalized spacial score (nSPS) is 18.3. The molecule has 0 spiro atoms. The maximum Gasteiger partial charge on any atom is 0.251 e. The van der Waals surface area contributed by atoms with Gasteiger partial charge in [0.1, 0.15) is 5.75 Å². The van der Waals surface area contributed by atoms with Gasteiger partial charge in [0, 0.05) is 19.2 Å². The lowest BCUT2D eigenvalue weighted by Crippen LogP contribution is -2.35. The number of carbonyl (C=O) groups excluding carboxylic acids is 1. The summed E-state index contributed by atoms with van der Waals surface area (Å²) in [6.45, 7) is 0.482. The van der Waals surface area contributed by atoms with Crippen molar-refractivity contribution in [3.8, 4) is 5.75 Å². The summed E-state index contributed by atoms with van der Waals surface area (Å²) in [7, 11) is -0.521. The van der Waals surface area contributed by atoms with Crippen LogP contribution in [0.2, 0.25) is 0 Å². The van der Waals surface area contributed by atoms with Crippen LogP contribution in [0.3, 0.4) is 0 Å². The number of nitrogens with zero attached hydrogens (tertiary/aromatic N) is 1. The second-order valence-electron chi connectivity index (χ2n) is 6.86. The van der Waals surface area contributed by atoms with Crippen LogP contribution in [0.4, 0.5) is 0 Å². The van der Waals surface area contributed by atoms with Crippen LogP contribution in [0, 0.1) is 0 Å². The van der Waals surface area contributed by atoms with Crippen molar-refractivity contribution >= 4 is 15.9 Å². The van der Waals surface area contributed by atoms with Gasteiger partial charge in [-0.3, -0.25) is 4.79 Å². The Bertz CT molecular complexity index is 908. The Hall–Kier alpha value is -2.38. The third-order valence-electron chi connectivity index (χ3n) is 5.15. The SMILES string of the molecule is CNC(=O)c1ccc(S(=O)(=O)N2CCCCCC2c2ccc(OC)cc2)cc1. The van der Waals surface area contributed by atoms with Crippen molar-refractivity contribution in [3.05, 3.63) is 59.7 Å². The predicted molar refractivity (Wildman–Crippen MR) is 108 cm³/mol. The molecule has 150 valence electrons. The number of hydrogen-bond acceptors (Lipinski definition) is 4. The molecule has 6 nitrogen and oxygen atoms in total. The minimum absolute atomic E-state index is 0.209. The van der Waals surface area contributed by atoms with E-state index in [-0.39, 0.29) is 16.8 Å². The quantitative estimate of drug-likeness (QED) is 0.832. The molecule has 0 aliphatic carbocycles. The van der Waals surface area contributed by atoms with E-state index in [2.05, 4.69) is 5.32 Å². The zero-order valence-electron chi connectivity index (χ0n) is 16.2. The molecule has 0 radical (unpaired) electrons. The van der Waals surface area contributed by atoms with E-state index in [0.717, 1.165) is 37.0 Å². The van der Waals surface area contributed by atoms with Crippen molar-refractivity contribution < 1.29 is 17.9 Å².